The highest BCUT2D eigenvalue weighted by Crippen LogP contribution is 2.43. The maximum Gasteiger partial charge on any atom is 0.472 e. The third-order valence-electron chi connectivity index (χ3n) is 11.0. The van der Waals surface area contributed by atoms with Gasteiger partial charge in [0.15, 0.2) is 6.10 Å². The van der Waals surface area contributed by atoms with Crippen molar-refractivity contribution in [3.8, 4) is 0 Å². The Balaban J connectivity index is 4.98. The number of carbonyl (C=O) groups excluding carboxylic acids is 3. The fourth-order valence-corrected chi connectivity index (χ4v) is 7.50. The molecule has 0 aliphatic heterocycles. The van der Waals surface area contributed by atoms with Gasteiger partial charge in [0, 0.05) is 12.8 Å². The van der Waals surface area contributed by atoms with Gasteiger partial charge in [0.2, 0.25) is 0 Å². The molecular formula is C64H99O11P. The highest BCUT2D eigenvalue weighted by Gasteiger charge is 2.28. The zero-order valence-electron chi connectivity index (χ0n) is 46.9. The predicted molar refractivity (Wildman–Crippen MR) is 315 cm³/mol. The van der Waals surface area contributed by atoms with Gasteiger partial charge in [0.25, 0.3) is 0 Å². The first-order valence-electron chi connectivity index (χ1n) is 28.4. The van der Waals surface area contributed by atoms with E-state index in [-0.39, 0.29) is 19.3 Å². The number of aliphatic hydroxyl groups is 1. The summed E-state index contributed by atoms with van der Waals surface area (Å²) in [7, 11) is -4.81. The SMILES string of the molecule is CC/C=C\C/C=C\C/C=C\C/C=C\C/C=C\C/C=C\CCC(=O)OC(COC(=O)CCCCCCC/C=C\C/C=C\CCCCC)COP(=O)(O)OCC(CO)OC(=O)C/C=C\C/C=C\C/C=C\C/C=C\C/C=C\CC. The summed E-state index contributed by atoms with van der Waals surface area (Å²) in [5.74, 6) is -1.74. The van der Waals surface area contributed by atoms with Crippen LogP contribution in [0.3, 0.4) is 0 Å². The van der Waals surface area contributed by atoms with Crippen LogP contribution in [0, 0.1) is 0 Å². The Morgan fingerprint density at radius 2 is 0.763 bits per heavy atom. The van der Waals surface area contributed by atoms with Crippen LogP contribution in [0.1, 0.15) is 188 Å². The molecule has 0 aromatic rings. The molecule has 2 N–H and O–H groups in total. The fraction of sp³-hybridized carbons (Fsp3) is 0.547. The van der Waals surface area contributed by atoms with Crippen LogP contribution in [0.25, 0.3) is 0 Å². The lowest BCUT2D eigenvalue weighted by molar-refractivity contribution is -0.161. The van der Waals surface area contributed by atoms with E-state index in [1.54, 1.807) is 6.08 Å². The number of allylic oxidation sites excluding steroid dienone is 25. The molecule has 0 aliphatic carbocycles. The number of ether oxygens (including phenoxy) is 3. The van der Waals surface area contributed by atoms with Crippen molar-refractivity contribution in [3.05, 3.63) is 158 Å². The van der Waals surface area contributed by atoms with Crippen LogP contribution in [0.5, 0.6) is 0 Å². The van der Waals surface area contributed by atoms with E-state index in [9.17, 15) is 28.9 Å². The van der Waals surface area contributed by atoms with Crippen molar-refractivity contribution >= 4 is 25.7 Å². The van der Waals surface area contributed by atoms with Crippen LogP contribution >= 0.6 is 7.82 Å². The van der Waals surface area contributed by atoms with Crippen molar-refractivity contribution in [1.82, 2.24) is 0 Å². The van der Waals surface area contributed by atoms with E-state index < -0.39 is 64.4 Å². The van der Waals surface area contributed by atoms with Gasteiger partial charge >= 0.3 is 25.7 Å². The van der Waals surface area contributed by atoms with Gasteiger partial charge in [-0.2, -0.15) is 0 Å². The monoisotopic (exact) mass is 1070 g/mol. The normalized spacial score (nSPS) is 14.5. The average molecular weight is 1080 g/mol. The summed E-state index contributed by atoms with van der Waals surface area (Å²) in [4.78, 5) is 48.4. The smallest absolute Gasteiger partial charge is 0.462 e. The maximum atomic E-state index is 12.9. The second-order valence-electron chi connectivity index (χ2n) is 18.0. The Bertz CT molecular complexity index is 1880. The molecule has 0 aromatic carbocycles. The molecule has 11 nitrogen and oxygen atoms in total. The number of rotatable bonds is 50. The van der Waals surface area contributed by atoms with E-state index in [1.165, 1.54) is 19.3 Å². The maximum absolute atomic E-state index is 12.9. The van der Waals surface area contributed by atoms with Gasteiger partial charge in [-0.3, -0.25) is 23.4 Å². The topological polar surface area (TPSA) is 155 Å². The summed E-state index contributed by atoms with van der Waals surface area (Å²) < 4.78 is 39.3. The molecule has 0 fully saturated rings. The highest BCUT2D eigenvalue weighted by atomic mass is 31.2. The number of esters is 3. The van der Waals surface area contributed by atoms with Crippen molar-refractivity contribution in [2.75, 3.05) is 26.4 Å². The standard InChI is InChI=1S/C64H99O11P/c1-4-7-10-13-16-19-22-25-28-29-30-31-34-37-40-43-46-49-52-55-64(68)75-61(57-71-62(66)53-50-47-44-41-38-35-32-26-23-20-17-14-11-8-5-2)59-73-76(69,70)72-58-60(56-65)74-63(67)54-51-48-45-42-39-36-33-27-24-21-18-15-12-9-6-3/h7,9-10,12,16-21,25-28,30-33,37,39-40,42,46,48-49,51,60-61,65H,4-6,8,11,13-15,22-24,29,34-36,38,41,43-45,47,50,52-59H2,1-3H3,(H,69,70)/b10-7-,12-9-,19-16-,20-17-,21-18-,28-25-,31-30-,32-26-,33-27-,40-37-,42-39-,49-46-,51-48-. The van der Waals surface area contributed by atoms with Gasteiger partial charge in [-0.1, -0.05) is 211 Å². The number of carbonyl (C=O) groups is 3. The van der Waals surface area contributed by atoms with E-state index in [2.05, 4.69) is 142 Å². The molecule has 0 amide bonds. The first-order valence-corrected chi connectivity index (χ1v) is 29.9. The number of hydrogen-bond acceptors (Lipinski definition) is 10. The van der Waals surface area contributed by atoms with E-state index >= 15 is 0 Å². The number of phosphoric acid groups is 1. The van der Waals surface area contributed by atoms with Crippen molar-refractivity contribution in [1.29, 1.82) is 0 Å². The van der Waals surface area contributed by atoms with Gasteiger partial charge in [-0.25, -0.2) is 4.57 Å². The summed E-state index contributed by atoms with van der Waals surface area (Å²) in [6.45, 7) is 4.14. The van der Waals surface area contributed by atoms with Gasteiger partial charge < -0.3 is 24.2 Å². The molecule has 3 atom stereocenters. The van der Waals surface area contributed by atoms with Crippen LogP contribution in [0.2, 0.25) is 0 Å². The molecule has 0 aliphatic rings. The number of aliphatic hydroxyl groups excluding tert-OH is 1. The second-order valence-corrected chi connectivity index (χ2v) is 19.4. The molecule has 0 saturated carbocycles. The molecular weight excluding hydrogens is 976 g/mol. The molecule has 0 bridgehead atoms. The summed E-state index contributed by atoms with van der Waals surface area (Å²) >= 11 is 0. The third-order valence-corrected chi connectivity index (χ3v) is 11.9. The third kappa shape index (κ3) is 53.9. The number of unbranched alkanes of at least 4 members (excludes halogenated alkanes) is 8. The number of phosphoric ester groups is 1. The molecule has 0 spiro atoms. The molecule has 3 unspecified atom stereocenters. The molecule has 12 heteroatoms. The quantitative estimate of drug-likeness (QED) is 0.0197. The fourth-order valence-electron chi connectivity index (χ4n) is 6.72. The predicted octanol–water partition coefficient (Wildman–Crippen LogP) is 16.9. The first kappa shape index (κ1) is 71.1. The first-order chi connectivity index (χ1) is 37.2. The Kier molecular flexibility index (Phi) is 52.7. The minimum absolute atomic E-state index is 0.0229. The van der Waals surface area contributed by atoms with Gasteiger partial charge in [0.05, 0.1) is 26.2 Å². The molecule has 0 aromatic heterocycles. The number of hydrogen-bond donors (Lipinski definition) is 2. The molecule has 76 heavy (non-hydrogen) atoms. The minimum Gasteiger partial charge on any atom is -0.462 e. The van der Waals surface area contributed by atoms with Gasteiger partial charge in [-0.15, -0.1) is 0 Å². The zero-order valence-corrected chi connectivity index (χ0v) is 47.8. The molecule has 0 heterocycles. The van der Waals surface area contributed by atoms with Crippen LogP contribution in [-0.2, 0) is 42.2 Å². The summed E-state index contributed by atoms with van der Waals surface area (Å²) in [5.41, 5.74) is 0. The Morgan fingerprint density at radius 1 is 0.395 bits per heavy atom. The lowest BCUT2D eigenvalue weighted by Gasteiger charge is -2.21. The van der Waals surface area contributed by atoms with Crippen LogP contribution in [0.4, 0.5) is 0 Å². The molecule has 0 rings (SSSR count). The van der Waals surface area contributed by atoms with E-state index in [4.69, 9.17) is 23.3 Å². The lowest BCUT2D eigenvalue weighted by Crippen LogP contribution is -2.30. The zero-order chi connectivity index (χ0) is 55.5. The summed E-state index contributed by atoms with van der Waals surface area (Å²) in [6.07, 6.45) is 73.9. The Labute approximate surface area is 460 Å². The van der Waals surface area contributed by atoms with Crippen LogP contribution < -0.4 is 0 Å². The van der Waals surface area contributed by atoms with Crippen molar-refractivity contribution in [3.63, 3.8) is 0 Å². The van der Waals surface area contributed by atoms with Crippen LogP contribution in [-0.4, -0.2) is 66.5 Å². The van der Waals surface area contributed by atoms with E-state index in [0.29, 0.717) is 25.7 Å². The molecule has 426 valence electrons. The van der Waals surface area contributed by atoms with Crippen molar-refractivity contribution < 1.29 is 52.2 Å². The average Bonchev–Trinajstić information content (AvgIpc) is 3.41. The highest BCUT2D eigenvalue weighted by molar-refractivity contribution is 7.47. The van der Waals surface area contributed by atoms with Crippen molar-refractivity contribution in [2.45, 2.75) is 200 Å². The van der Waals surface area contributed by atoms with Crippen LogP contribution in [0.15, 0.2) is 158 Å². The van der Waals surface area contributed by atoms with Gasteiger partial charge in [-0.05, 0) is 116 Å². The van der Waals surface area contributed by atoms with Gasteiger partial charge in [0.1, 0.15) is 12.7 Å². The largest absolute Gasteiger partial charge is 0.472 e. The molecule has 0 radical (unpaired) electrons. The minimum atomic E-state index is -4.81. The lowest BCUT2D eigenvalue weighted by atomic mass is 10.1. The second kappa shape index (κ2) is 56.3. The van der Waals surface area contributed by atoms with E-state index in [0.717, 1.165) is 103 Å². The van der Waals surface area contributed by atoms with Crippen molar-refractivity contribution in [2.24, 2.45) is 0 Å². The van der Waals surface area contributed by atoms with E-state index in [1.807, 2.05) is 30.4 Å². The Hall–Kier alpha value is -4.90. The molecule has 0 saturated heterocycles. The summed E-state index contributed by atoms with van der Waals surface area (Å²) in [6, 6.07) is 0. The summed E-state index contributed by atoms with van der Waals surface area (Å²) in [5, 5.41) is 9.79. The Morgan fingerprint density at radius 3 is 1.21 bits per heavy atom.